The van der Waals surface area contributed by atoms with E-state index in [4.69, 9.17) is 0 Å². The van der Waals surface area contributed by atoms with Gasteiger partial charge >= 0.3 is 0 Å². The molecular weight excluding hydrogens is 489 g/mol. The Morgan fingerprint density at radius 2 is 1.70 bits per heavy atom. The number of phenolic OH excluding ortho intramolecular Hbond substituents is 1. The van der Waals surface area contributed by atoms with Crippen LogP contribution in [0, 0.1) is 10.7 Å². The molecule has 0 aliphatic carbocycles. The minimum absolute atomic E-state index is 0.0986. The fourth-order valence-corrected chi connectivity index (χ4v) is 3.82. The number of fused-ring (bicyclic) bond motifs is 1. The van der Waals surface area contributed by atoms with Crippen LogP contribution < -0.4 is 10.6 Å². The van der Waals surface area contributed by atoms with E-state index < -0.39 is 17.8 Å². The van der Waals surface area contributed by atoms with Crippen molar-refractivity contribution in [1.29, 1.82) is 0 Å². The molecule has 0 bridgehead atoms. The number of anilines is 2. The van der Waals surface area contributed by atoms with Crippen LogP contribution in [0.4, 0.5) is 21.5 Å². The van der Waals surface area contributed by atoms with Crippen molar-refractivity contribution < 1.29 is 14.3 Å². The Morgan fingerprint density at radius 1 is 1.00 bits per heavy atom. The van der Waals surface area contributed by atoms with Crippen LogP contribution in [0.25, 0.3) is 10.8 Å². The van der Waals surface area contributed by atoms with E-state index in [-0.39, 0.29) is 28.0 Å². The lowest BCUT2D eigenvalue weighted by molar-refractivity contribution is -0.116. The monoisotopic (exact) mass is 507 g/mol. The smallest absolute Gasteiger partial charge is 0.247 e. The molecule has 3 N–H and O–H groups in total. The quantitative estimate of drug-likeness (QED) is 0.196. The maximum Gasteiger partial charge on any atom is 0.247 e. The maximum absolute atomic E-state index is 13.9. The Kier molecular flexibility index (Phi) is 6.65. The van der Waals surface area contributed by atoms with Gasteiger partial charge in [-0.05, 0) is 50.9 Å². The van der Waals surface area contributed by atoms with E-state index in [1.54, 1.807) is 30.3 Å². The van der Waals surface area contributed by atoms with Gasteiger partial charge in [-0.25, -0.2) is 4.39 Å². The van der Waals surface area contributed by atoms with Crippen LogP contribution in [0.15, 0.2) is 88.5 Å². The number of benzene rings is 4. The van der Waals surface area contributed by atoms with Gasteiger partial charge in [0.1, 0.15) is 23.3 Å². The van der Waals surface area contributed by atoms with Crippen LogP contribution in [0.2, 0.25) is 0 Å². The van der Waals surface area contributed by atoms with Crippen molar-refractivity contribution in [2.75, 3.05) is 10.6 Å². The molecule has 0 aromatic heterocycles. The first-order valence-corrected chi connectivity index (χ1v) is 10.9. The van der Waals surface area contributed by atoms with E-state index in [0.29, 0.717) is 16.5 Å². The fourth-order valence-electron chi connectivity index (χ4n) is 3.58. The van der Waals surface area contributed by atoms with Gasteiger partial charge in [0.2, 0.25) is 5.91 Å². The zero-order valence-corrected chi connectivity index (χ0v) is 18.8. The van der Waals surface area contributed by atoms with Crippen molar-refractivity contribution in [2.24, 2.45) is 5.18 Å². The number of halogens is 2. The van der Waals surface area contributed by atoms with E-state index in [0.717, 1.165) is 5.56 Å². The summed E-state index contributed by atoms with van der Waals surface area (Å²) < 4.78 is 14.2. The summed E-state index contributed by atoms with van der Waals surface area (Å²) in [5.41, 5.74) is 1.50. The summed E-state index contributed by atoms with van der Waals surface area (Å²) in [5.74, 6) is -1.04. The number of amides is 1. The van der Waals surface area contributed by atoms with Gasteiger partial charge in [-0.3, -0.25) is 4.79 Å². The second-order valence-corrected chi connectivity index (χ2v) is 8.29. The van der Waals surface area contributed by atoms with Gasteiger partial charge in [0.25, 0.3) is 0 Å². The molecule has 0 spiro atoms. The summed E-state index contributed by atoms with van der Waals surface area (Å²) in [6.07, 6.45) is 0.280. The minimum atomic E-state index is -0.842. The molecular formula is C25H19BrFN3O3. The molecule has 166 valence electrons. The number of nitrogens with one attached hydrogen (secondary N) is 2. The highest BCUT2D eigenvalue weighted by atomic mass is 79.9. The number of hydrogen-bond acceptors (Lipinski definition) is 5. The molecule has 4 aromatic carbocycles. The first kappa shape index (κ1) is 22.4. The molecule has 0 saturated heterocycles. The number of rotatable bonds is 7. The number of carbonyl (C=O) groups excluding carboxylic acids is 1. The van der Waals surface area contributed by atoms with Crippen LogP contribution in [0.3, 0.4) is 0 Å². The molecule has 8 heteroatoms. The summed E-state index contributed by atoms with van der Waals surface area (Å²) in [4.78, 5) is 24.6. The Morgan fingerprint density at radius 3 is 2.39 bits per heavy atom. The zero-order valence-electron chi connectivity index (χ0n) is 17.3. The lowest BCUT2D eigenvalue weighted by Crippen LogP contribution is -2.36. The second-order valence-electron chi connectivity index (χ2n) is 7.43. The molecule has 4 rings (SSSR count). The van der Waals surface area contributed by atoms with Gasteiger partial charge in [0.05, 0.1) is 10.2 Å². The topological polar surface area (TPSA) is 90.8 Å². The molecule has 1 amide bonds. The van der Waals surface area contributed by atoms with Crippen LogP contribution in [-0.2, 0) is 11.2 Å². The number of aromatic hydroxyl groups is 1. The largest absolute Gasteiger partial charge is 0.505 e. The number of carbonyl (C=O) groups is 1. The molecule has 0 unspecified atom stereocenters. The molecule has 0 heterocycles. The lowest BCUT2D eigenvalue weighted by Gasteiger charge is -2.21. The second kappa shape index (κ2) is 9.79. The number of nitrogens with zero attached hydrogens (tertiary/aromatic N) is 1. The highest BCUT2D eigenvalue weighted by Gasteiger charge is 2.22. The zero-order chi connectivity index (χ0) is 23.4. The fraction of sp³-hybridized carbons (Fsp3) is 0.0800. The van der Waals surface area contributed by atoms with Crippen LogP contribution in [0.1, 0.15) is 5.56 Å². The van der Waals surface area contributed by atoms with E-state index in [1.165, 1.54) is 18.2 Å². The average molecular weight is 508 g/mol. The number of phenols is 1. The molecule has 0 aliphatic rings. The van der Waals surface area contributed by atoms with Crippen LogP contribution in [0.5, 0.6) is 5.75 Å². The third-order valence-electron chi connectivity index (χ3n) is 5.21. The number of nitroso groups, excluding NO2 is 1. The predicted octanol–water partition coefficient (Wildman–Crippen LogP) is 6.51. The summed E-state index contributed by atoms with van der Waals surface area (Å²) in [5, 5.41) is 20.6. The SMILES string of the molecule is O=Nc1cc(N[C@H](Cc2ccccc2)C(=O)Nc2ccc(Br)c(F)c2)c(O)c2ccccc12. The first-order chi connectivity index (χ1) is 16.0. The predicted molar refractivity (Wildman–Crippen MR) is 131 cm³/mol. The summed E-state index contributed by atoms with van der Waals surface area (Å²) >= 11 is 3.09. The maximum atomic E-state index is 13.9. The van der Waals surface area contributed by atoms with Crippen molar-refractivity contribution in [2.45, 2.75) is 12.5 Å². The van der Waals surface area contributed by atoms with Gasteiger partial charge in [0, 0.05) is 22.9 Å². The molecule has 6 nitrogen and oxygen atoms in total. The molecule has 0 fully saturated rings. The molecule has 4 aromatic rings. The van der Waals surface area contributed by atoms with Gasteiger partial charge in [-0.2, -0.15) is 0 Å². The normalized spacial score (nSPS) is 11.7. The number of hydrogen-bond donors (Lipinski definition) is 3. The summed E-state index contributed by atoms with van der Waals surface area (Å²) in [7, 11) is 0. The van der Waals surface area contributed by atoms with E-state index in [2.05, 4.69) is 31.7 Å². The van der Waals surface area contributed by atoms with E-state index >= 15 is 0 Å². The van der Waals surface area contributed by atoms with E-state index in [1.807, 2.05) is 30.3 Å². The summed E-state index contributed by atoms with van der Waals surface area (Å²) in [6.45, 7) is 0. The summed E-state index contributed by atoms with van der Waals surface area (Å²) in [6, 6.07) is 21.0. The molecule has 33 heavy (non-hydrogen) atoms. The van der Waals surface area contributed by atoms with Crippen molar-refractivity contribution in [3.8, 4) is 5.75 Å². The average Bonchev–Trinajstić information content (AvgIpc) is 2.83. The highest BCUT2D eigenvalue weighted by molar-refractivity contribution is 9.10. The van der Waals surface area contributed by atoms with Crippen LogP contribution >= 0.6 is 15.9 Å². The lowest BCUT2D eigenvalue weighted by atomic mass is 10.0. The first-order valence-electron chi connectivity index (χ1n) is 10.1. The molecule has 0 aliphatic heterocycles. The third-order valence-corrected chi connectivity index (χ3v) is 5.85. The van der Waals surface area contributed by atoms with Gasteiger partial charge in [-0.15, -0.1) is 4.91 Å². The van der Waals surface area contributed by atoms with Gasteiger partial charge < -0.3 is 15.7 Å². The van der Waals surface area contributed by atoms with Crippen molar-refractivity contribution in [3.63, 3.8) is 0 Å². The Labute approximate surface area is 197 Å². The Balaban J connectivity index is 1.69. The Hall–Kier alpha value is -3.78. The minimum Gasteiger partial charge on any atom is -0.505 e. The van der Waals surface area contributed by atoms with Crippen molar-refractivity contribution in [1.82, 2.24) is 0 Å². The molecule has 0 radical (unpaired) electrons. The van der Waals surface area contributed by atoms with Gasteiger partial charge in [0.15, 0.2) is 0 Å². The molecule has 1 atom stereocenters. The molecule has 0 saturated carbocycles. The van der Waals surface area contributed by atoms with E-state index in [9.17, 15) is 19.2 Å². The van der Waals surface area contributed by atoms with Gasteiger partial charge in [-0.1, -0.05) is 54.6 Å². The van der Waals surface area contributed by atoms with Crippen molar-refractivity contribution >= 4 is 49.7 Å². The third kappa shape index (κ3) is 5.01. The van der Waals surface area contributed by atoms with Crippen LogP contribution in [-0.4, -0.2) is 17.1 Å². The highest BCUT2D eigenvalue weighted by Crippen LogP contribution is 2.39. The standard InChI is InChI=1S/C25H19BrFN3O3/c26-19-11-10-16(13-20(19)27)28-25(32)23(12-15-6-2-1-3-7-15)29-22-14-21(30-33)17-8-4-5-9-18(17)24(22)31/h1-11,13-14,23,29,31H,12H2,(H,28,32)/t23-/m1/s1. The Bertz CT molecular complexity index is 1330. The van der Waals surface area contributed by atoms with Crippen molar-refractivity contribution in [3.05, 3.63) is 99.6 Å².